The van der Waals surface area contributed by atoms with E-state index in [-0.39, 0.29) is 8.37 Å². The highest BCUT2D eigenvalue weighted by Crippen LogP contribution is 2.55. The summed E-state index contributed by atoms with van der Waals surface area (Å²) in [6.07, 6.45) is 0. The number of aryl methyl sites for hydroxylation is 6. The highest BCUT2D eigenvalue weighted by molar-refractivity contribution is 7.50. The van der Waals surface area contributed by atoms with Crippen LogP contribution in [0.3, 0.4) is 0 Å². The lowest BCUT2D eigenvalue weighted by Gasteiger charge is -2.40. The van der Waals surface area contributed by atoms with E-state index in [1.807, 2.05) is 0 Å². The van der Waals surface area contributed by atoms with Crippen LogP contribution in [-0.2, 0) is 0 Å². The molecule has 0 amide bonds. The van der Waals surface area contributed by atoms with Gasteiger partial charge in [-0.25, -0.2) is 0 Å². The Hall–Kier alpha value is -1.23. The normalized spacial score (nSPS) is 21.1. The zero-order valence-electron chi connectivity index (χ0n) is 20.8. The largest absolute Gasteiger partial charge is 0.332 e. The molecule has 170 valence electrons. The van der Waals surface area contributed by atoms with E-state index in [0.717, 1.165) is 13.1 Å². The van der Waals surface area contributed by atoms with Crippen molar-refractivity contribution in [3.8, 4) is 0 Å². The quantitative estimate of drug-likeness (QED) is 0.529. The molecular weight excluding hydrogens is 410 g/mol. The second-order valence-electron chi connectivity index (χ2n) is 10.2. The third kappa shape index (κ3) is 3.97. The maximum absolute atomic E-state index is 2.81. The second kappa shape index (κ2) is 8.85. The van der Waals surface area contributed by atoms with Crippen LogP contribution in [0.2, 0.25) is 0 Å². The standard InChI is InChI=1S/C26H38BN4P/c1-19-15-21(3)25(22(4)16-19)27(26-23(5)17-20(2)18-24(26)6)28-7-9-29-11-13-31-14-12-30(10-8-28)32(29)31/h15-18H,7-14H2,1-6H3. The van der Waals surface area contributed by atoms with Crippen molar-refractivity contribution in [2.24, 2.45) is 0 Å². The number of hydrogen-bond acceptors (Lipinski definition) is 4. The molecule has 0 bridgehead atoms. The Morgan fingerprint density at radius 3 is 1.19 bits per heavy atom. The predicted octanol–water partition coefficient (Wildman–Crippen LogP) is 3.12. The molecule has 5 rings (SSSR count). The van der Waals surface area contributed by atoms with Crippen molar-refractivity contribution >= 4 is 26.1 Å². The van der Waals surface area contributed by atoms with Crippen molar-refractivity contribution in [2.75, 3.05) is 52.4 Å². The molecule has 3 saturated heterocycles. The fraction of sp³-hybridized carbons (Fsp3) is 0.538. The number of hydrogen-bond donors (Lipinski definition) is 0. The number of nitrogens with zero attached hydrogens (tertiary/aromatic N) is 4. The highest BCUT2D eigenvalue weighted by Gasteiger charge is 2.44. The summed E-state index contributed by atoms with van der Waals surface area (Å²) in [7, 11) is -0.182. The Balaban J connectivity index is 1.59. The summed E-state index contributed by atoms with van der Waals surface area (Å²) < 4.78 is 8.32. The fourth-order valence-electron chi connectivity index (χ4n) is 6.48. The maximum atomic E-state index is 2.81. The zero-order chi connectivity index (χ0) is 22.6. The van der Waals surface area contributed by atoms with Gasteiger partial charge in [0.1, 0.15) is 8.37 Å². The van der Waals surface area contributed by atoms with Crippen molar-refractivity contribution in [3.05, 3.63) is 57.6 Å². The van der Waals surface area contributed by atoms with Crippen LogP contribution in [0.4, 0.5) is 0 Å². The highest BCUT2D eigenvalue weighted by atomic mass is 31.2. The van der Waals surface area contributed by atoms with E-state index in [2.05, 4.69) is 84.6 Å². The van der Waals surface area contributed by atoms with Gasteiger partial charge in [0.2, 0.25) is 0 Å². The average molecular weight is 448 g/mol. The van der Waals surface area contributed by atoms with Gasteiger partial charge in [0, 0.05) is 52.4 Å². The van der Waals surface area contributed by atoms with Crippen LogP contribution in [0, 0.1) is 41.5 Å². The lowest BCUT2D eigenvalue weighted by atomic mass is 9.45. The summed E-state index contributed by atoms with van der Waals surface area (Å²) in [5.41, 5.74) is 11.5. The molecule has 0 radical (unpaired) electrons. The van der Waals surface area contributed by atoms with E-state index >= 15 is 0 Å². The molecule has 3 heterocycles. The molecule has 0 spiro atoms. The first-order chi connectivity index (χ1) is 15.3. The molecule has 0 N–H and O–H groups in total. The number of rotatable bonds is 3. The molecule has 0 aliphatic carbocycles. The van der Waals surface area contributed by atoms with Gasteiger partial charge in [-0.2, -0.15) is 0 Å². The molecule has 3 aliphatic heterocycles. The molecule has 32 heavy (non-hydrogen) atoms. The van der Waals surface area contributed by atoms with Crippen LogP contribution < -0.4 is 10.9 Å². The molecule has 0 saturated carbocycles. The monoisotopic (exact) mass is 448 g/mol. The first-order valence-electron chi connectivity index (χ1n) is 12.3. The topological polar surface area (TPSA) is 13.0 Å². The van der Waals surface area contributed by atoms with Gasteiger partial charge in [-0.15, -0.1) is 0 Å². The van der Waals surface area contributed by atoms with E-state index in [1.165, 1.54) is 83.6 Å². The molecule has 3 fully saturated rings. The third-order valence-corrected chi connectivity index (χ3v) is 10.4. The van der Waals surface area contributed by atoms with Gasteiger partial charge in [-0.1, -0.05) is 68.6 Å². The van der Waals surface area contributed by atoms with E-state index in [0.29, 0.717) is 6.85 Å². The first-order valence-corrected chi connectivity index (χ1v) is 13.5. The molecule has 2 aromatic rings. The van der Waals surface area contributed by atoms with Crippen LogP contribution in [0.1, 0.15) is 33.4 Å². The molecule has 3 aliphatic rings. The van der Waals surface area contributed by atoms with Gasteiger partial charge in [-0.3, -0.25) is 14.0 Å². The summed E-state index contributed by atoms with van der Waals surface area (Å²) in [6, 6.07) is 9.54. The number of benzene rings is 2. The second-order valence-corrected chi connectivity index (χ2v) is 12.4. The van der Waals surface area contributed by atoms with Crippen LogP contribution in [-0.4, -0.2) is 78.0 Å². The van der Waals surface area contributed by atoms with Gasteiger partial charge in [0.05, 0.1) is 0 Å². The molecular formula is C26H38BN4P. The van der Waals surface area contributed by atoms with Crippen LogP contribution in [0.5, 0.6) is 0 Å². The minimum Gasteiger partial charge on any atom is -0.332 e. The van der Waals surface area contributed by atoms with E-state index in [1.54, 1.807) is 0 Å². The fourth-order valence-corrected chi connectivity index (χ4v) is 9.17. The van der Waals surface area contributed by atoms with E-state index < -0.39 is 0 Å². The molecule has 0 atom stereocenters. The minimum atomic E-state index is -0.182. The average Bonchev–Trinajstić information content (AvgIpc) is 3.25. The van der Waals surface area contributed by atoms with Crippen molar-refractivity contribution in [1.82, 2.24) is 18.8 Å². The molecule has 0 aromatic heterocycles. The lowest BCUT2D eigenvalue weighted by Crippen LogP contribution is -2.62. The summed E-state index contributed by atoms with van der Waals surface area (Å²) in [6.45, 7) is 23.7. The van der Waals surface area contributed by atoms with Gasteiger partial charge in [0.25, 0.3) is 6.85 Å². The van der Waals surface area contributed by atoms with Crippen LogP contribution in [0.25, 0.3) is 0 Å². The van der Waals surface area contributed by atoms with Crippen LogP contribution in [0.15, 0.2) is 24.3 Å². The Labute approximate surface area is 196 Å². The van der Waals surface area contributed by atoms with Crippen molar-refractivity contribution in [3.63, 3.8) is 0 Å². The van der Waals surface area contributed by atoms with Gasteiger partial charge in [0.15, 0.2) is 0 Å². The molecule has 4 nitrogen and oxygen atoms in total. The molecule has 6 heteroatoms. The van der Waals surface area contributed by atoms with E-state index in [4.69, 9.17) is 0 Å². The summed E-state index contributed by atoms with van der Waals surface area (Å²) in [4.78, 5) is 2.81. The van der Waals surface area contributed by atoms with Crippen molar-refractivity contribution in [2.45, 2.75) is 41.5 Å². The Bertz CT molecular complexity index is 901. The summed E-state index contributed by atoms with van der Waals surface area (Å²) in [5, 5.41) is 0. The van der Waals surface area contributed by atoms with Gasteiger partial charge >= 0.3 is 0 Å². The summed E-state index contributed by atoms with van der Waals surface area (Å²) in [5.74, 6) is 0. The third-order valence-electron chi connectivity index (χ3n) is 7.67. The van der Waals surface area contributed by atoms with Crippen molar-refractivity contribution < 1.29 is 0 Å². The zero-order valence-corrected chi connectivity index (χ0v) is 21.7. The van der Waals surface area contributed by atoms with Crippen LogP contribution >= 0.6 is 8.37 Å². The smallest absolute Gasteiger partial charge is 0.293 e. The Kier molecular flexibility index (Phi) is 6.24. The Morgan fingerprint density at radius 2 is 0.844 bits per heavy atom. The van der Waals surface area contributed by atoms with Gasteiger partial charge in [-0.05, 0) is 41.5 Å². The maximum Gasteiger partial charge on any atom is 0.293 e. The molecule has 2 aromatic carbocycles. The summed E-state index contributed by atoms with van der Waals surface area (Å²) >= 11 is 0. The first kappa shape index (κ1) is 22.6. The SMILES string of the molecule is Cc1cc(C)c(B(c2c(C)cc(C)cc2C)N2CCN3CCN4CCN(CC2)P34)c(C)c1. The van der Waals surface area contributed by atoms with Gasteiger partial charge < -0.3 is 4.81 Å². The Morgan fingerprint density at radius 1 is 0.531 bits per heavy atom. The van der Waals surface area contributed by atoms with E-state index in [9.17, 15) is 0 Å². The predicted molar refractivity (Wildman–Crippen MR) is 140 cm³/mol. The molecule has 0 unspecified atom stereocenters. The lowest BCUT2D eigenvalue weighted by molar-refractivity contribution is 0.308. The van der Waals surface area contributed by atoms with Crippen molar-refractivity contribution in [1.29, 1.82) is 0 Å². The minimum absolute atomic E-state index is 0.182.